The molecule has 33 heavy (non-hydrogen) atoms. The largest absolute Gasteiger partial charge is 0.323 e. The summed E-state index contributed by atoms with van der Waals surface area (Å²) < 4.78 is 40.4. The normalized spacial score (nSPS) is 16.5. The van der Waals surface area contributed by atoms with Crippen LogP contribution in [0.5, 0.6) is 0 Å². The quantitative estimate of drug-likeness (QED) is 0.326. The number of sulfonamides is 1. The van der Waals surface area contributed by atoms with E-state index in [-0.39, 0.29) is 18.2 Å². The summed E-state index contributed by atoms with van der Waals surface area (Å²) in [6.07, 6.45) is 4.84. The van der Waals surface area contributed by atoms with Crippen LogP contribution in [0, 0.1) is 5.82 Å². The molecule has 1 aliphatic rings. The second-order valence-electron chi connectivity index (χ2n) is 8.22. The molecule has 0 radical (unpaired) electrons. The number of nitrogens with zero attached hydrogens (tertiary/aromatic N) is 5. The van der Waals surface area contributed by atoms with Gasteiger partial charge in [-0.25, -0.2) is 17.8 Å². The minimum absolute atomic E-state index is 0.121. The first-order valence-electron chi connectivity index (χ1n) is 10.9. The van der Waals surface area contributed by atoms with Crippen LogP contribution in [0.2, 0.25) is 0 Å². The second-order valence-corrected chi connectivity index (χ2v) is 10.5. The monoisotopic (exact) mass is 475 g/mol. The van der Waals surface area contributed by atoms with Crippen LogP contribution in [0.15, 0.2) is 46.6 Å². The van der Waals surface area contributed by atoms with Crippen molar-refractivity contribution in [1.29, 1.82) is 0 Å². The maximum absolute atomic E-state index is 13.6. The third-order valence-corrected chi connectivity index (χ3v) is 7.25. The molecule has 3 rings (SSSR count). The van der Waals surface area contributed by atoms with Crippen LogP contribution >= 0.6 is 0 Å². The third-order valence-electron chi connectivity index (χ3n) is 5.51. The molecule has 9 nitrogen and oxygen atoms in total. The van der Waals surface area contributed by atoms with Crippen molar-refractivity contribution in [2.24, 2.45) is 15.9 Å². The lowest BCUT2D eigenvalue weighted by atomic mass is 9.93. The molecule has 2 aromatic heterocycles. The topological polar surface area (TPSA) is 126 Å². The second kappa shape index (κ2) is 11.3. The third kappa shape index (κ3) is 7.03. The van der Waals surface area contributed by atoms with Crippen molar-refractivity contribution in [3.63, 3.8) is 0 Å². The zero-order chi connectivity index (χ0) is 23.8. The van der Waals surface area contributed by atoms with E-state index in [1.807, 2.05) is 12.1 Å². The molecule has 2 aromatic rings. The summed E-state index contributed by atoms with van der Waals surface area (Å²) in [6, 6.07) is 8.31. The van der Waals surface area contributed by atoms with Gasteiger partial charge in [0.2, 0.25) is 10.0 Å². The number of anilines is 1. The van der Waals surface area contributed by atoms with Crippen molar-refractivity contribution >= 4 is 27.8 Å². The fourth-order valence-corrected chi connectivity index (χ4v) is 4.14. The summed E-state index contributed by atoms with van der Waals surface area (Å²) in [5, 5.41) is 3.28. The molecular formula is C22H30FN7O2S. The van der Waals surface area contributed by atoms with Gasteiger partial charge >= 0.3 is 0 Å². The smallest absolute Gasteiger partial charge is 0.236 e. The molecule has 1 aliphatic heterocycles. The number of nitrogens with one attached hydrogen (secondary N) is 1. The number of hydrogen-bond acceptors (Lipinski definition) is 8. The molecule has 0 unspecified atom stereocenters. The predicted octanol–water partition coefficient (Wildman–Crippen LogP) is 2.53. The first kappa shape index (κ1) is 24.7. The lowest BCUT2D eigenvalue weighted by Gasteiger charge is -2.31. The Bertz CT molecular complexity index is 1100. The number of halogens is 1. The lowest BCUT2D eigenvalue weighted by molar-refractivity contribution is 0.237. The van der Waals surface area contributed by atoms with E-state index in [4.69, 9.17) is 5.84 Å². The van der Waals surface area contributed by atoms with Gasteiger partial charge in [0.15, 0.2) is 0 Å². The summed E-state index contributed by atoms with van der Waals surface area (Å²) in [4.78, 5) is 15.0. The van der Waals surface area contributed by atoms with Crippen LogP contribution in [0.25, 0.3) is 0 Å². The maximum atomic E-state index is 13.6. The van der Waals surface area contributed by atoms with Crippen molar-refractivity contribution in [3.05, 3.63) is 53.7 Å². The van der Waals surface area contributed by atoms with Gasteiger partial charge in [0.05, 0.1) is 23.2 Å². The SMILES string of the molecule is CC(C)S(=O)(=O)Nc1cccc(C2CCN(CC(C=NCc3ncccc3F)=NN)CC2)n1. The number of hydrazone groups is 1. The maximum Gasteiger partial charge on any atom is 0.236 e. The van der Waals surface area contributed by atoms with E-state index in [1.165, 1.54) is 18.3 Å². The van der Waals surface area contributed by atoms with Gasteiger partial charge in [-0.2, -0.15) is 5.10 Å². The zero-order valence-electron chi connectivity index (χ0n) is 18.9. The summed E-state index contributed by atoms with van der Waals surface area (Å²) in [5.41, 5.74) is 1.76. The van der Waals surface area contributed by atoms with Gasteiger partial charge < -0.3 is 5.84 Å². The molecule has 11 heteroatoms. The van der Waals surface area contributed by atoms with Gasteiger partial charge in [0, 0.05) is 30.6 Å². The zero-order valence-corrected chi connectivity index (χ0v) is 19.7. The van der Waals surface area contributed by atoms with Gasteiger partial charge in [-0.05, 0) is 64.0 Å². The average Bonchev–Trinajstić information content (AvgIpc) is 2.80. The molecule has 178 valence electrons. The van der Waals surface area contributed by atoms with Crippen LogP contribution in [-0.4, -0.2) is 60.1 Å². The minimum atomic E-state index is -3.43. The van der Waals surface area contributed by atoms with Gasteiger partial charge in [-0.15, -0.1) is 0 Å². The highest BCUT2D eigenvalue weighted by molar-refractivity contribution is 7.93. The molecule has 0 aliphatic carbocycles. The molecule has 0 aromatic carbocycles. The van der Waals surface area contributed by atoms with Gasteiger partial charge in [0.25, 0.3) is 0 Å². The Morgan fingerprint density at radius 1 is 1.30 bits per heavy atom. The number of likely N-dealkylation sites (tertiary alicyclic amines) is 1. The first-order chi connectivity index (χ1) is 15.8. The van der Waals surface area contributed by atoms with Crippen LogP contribution < -0.4 is 10.6 Å². The van der Waals surface area contributed by atoms with Crippen molar-refractivity contribution in [2.75, 3.05) is 24.4 Å². The summed E-state index contributed by atoms with van der Waals surface area (Å²) in [7, 11) is -3.43. The first-order valence-corrected chi connectivity index (χ1v) is 12.4. The molecular weight excluding hydrogens is 445 g/mol. The summed E-state index contributed by atoms with van der Waals surface area (Å²) >= 11 is 0. The number of piperidine rings is 1. The molecule has 0 bridgehead atoms. The van der Waals surface area contributed by atoms with Crippen LogP contribution in [0.4, 0.5) is 10.2 Å². The fourth-order valence-electron chi connectivity index (χ4n) is 3.50. The Hall–Kier alpha value is -2.92. The predicted molar refractivity (Wildman–Crippen MR) is 128 cm³/mol. The molecule has 1 fully saturated rings. The van der Waals surface area contributed by atoms with E-state index < -0.39 is 21.1 Å². The highest BCUT2D eigenvalue weighted by atomic mass is 32.2. The number of aliphatic imine (C=N–C) groups is 1. The Balaban J connectivity index is 1.52. The molecule has 0 spiro atoms. The van der Waals surface area contributed by atoms with E-state index in [1.54, 1.807) is 26.1 Å². The van der Waals surface area contributed by atoms with Gasteiger partial charge in [-0.3, -0.25) is 19.6 Å². The number of aromatic nitrogens is 2. The number of pyridine rings is 2. The fraction of sp³-hybridized carbons (Fsp3) is 0.455. The van der Waals surface area contributed by atoms with E-state index in [2.05, 4.69) is 29.7 Å². The Morgan fingerprint density at radius 2 is 2.06 bits per heavy atom. The molecule has 3 heterocycles. The molecule has 0 saturated carbocycles. The van der Waals surface area contributed by atoms with Gasteiger partial charge in [-0.1, -0.05) is 6.07 Å². The van der Waals surface area contributed by atoms with Crippen molar-refractivity contribution in [2.45, 2.75) is 44.4 Å². The standard InChI is InChI=1S/C22H30FN7O2S/c1-16(2)33(31,32)29-22-7-3-6-20(27-22)17-8-11-30(12-9-17)15-18(28-24)13-25-14-21-19(23)5-4-10-26-21/h3-7,10,13,16-17H,8-9,11-12,14-15,24H2,1-2H3,(H,27,29). The Kier molecular flexibility index (Phi) is 8.45. The number of rotatable bonds is 9. The van der Waals surface area contributed by atoms with Crippen LogP contribution in [0.1, 0.15) is 44.0 Å². The van der Waals surface area contributed by atoms with Gasteiger partial charge in [0.1, 0.15) is 11.6 Å². The van der Waals surface area contributed by atoms with Crippen molar-refractivity contribution < 1.29 is 12.8 Å². The number of nitrogens with two attached hydrogens (primary N) is 1. The highest BCUT2D eigenvalue weighted by Crippen LogP contribution is 2.27. The summed E-state index contributed by atoms with van der Waals surface area (Å²) in [6.45, 7) is 5.55. The summed E-state index contributed by atoms with van der Waals surface area (Å²) in [5.74, 6) is 5.72. The van der Waals surface area contributed by atoms with Crippen molar-refractivity contribution in [1.82, 2.24) is 14.9 Å². The average molecular weight is 476 g/mol. The molecule has 0 atom stereocenters. The van der Waals surface area contributed by atoms with E-state index in [0.717, 1.165) is 31.6 Å². The van der Waals surface area contributed by atoms with Crippen LogP contribution in [0.3, 0.4) is 0 Å². The lowest BCUT2D eigenvalue weighted by Crippen LogP contribution is -2.37. The minimum Gasteiger partial charge on any atom is -0.323 e. The molecule has 0 amide bonds. The van der Waals surface area contributed by atoms with E-state index in [9.17, 15) is 12.8 Å². The molecule has 3 N–H and O–H groups in total. The molecule has 1 saturated heterocycles. The highest BCUT2D eigenvalue weighted by Gasteiger charge is 2.23. The van der Waals surface area contributed by atoms with E-state index in [0.29, 0.717) is 18.1 Å². The number of hydrogen-bond donors (Lipinski definition) is 2. The van der Waals surface area contributed by atoms with E-state index >= 15 is 0 Å². The Morgan fingerprint density at radius 3 is 2.73 bits per heavy atom. The van der Waals surface area contributed by atoms with Crippen LogP contribution in [-0.2, 0) is 16.6 Å². The van der Waals surface area contributed by atoms with Crippen molar-refractivity contribution in [3.8, 4) is 0 Å². The Labute approximate surface area is 194 Å².